The lowest BCUT2D eigenvalue weighted by Crippen LogP contribution is -2.07. The van der Waals surface area contributed by atoms with E-state index >= 15 is 0 Å². The molecule has 0 spiro atoms. The monoisotopic (exact) mass is 284 g/mol. The summed E-state index contributed by atoms with van der Waals surface area (Å²) in [5, 5.41) is 8.86. The largest absolute Gasteiger partial charge is 0.399 e. The molecule has 0 bridgehead atoms. The zero-order valence-electron chi connectivity index (χ0n) is 11.2. The topological polar surface area (TPSA) is 49.8 Å². The lowest BCUT2D eigenvalue weighted by atomic mass is 9.89. The standard InChI is InChI=1S/C14H18F2N2S/c1-14(2,9-17)5-3-4-6-19-13-11(15)7-10(18)8-12(13)16/h7-8H,3-6,18H2,1-2H3. The van der Waals surface area contributed by atoms with Crippen molar-refractivity contribution in [3.05, 3.63) is 23.8 Å². The fourth-order valence-electron chi connectivity index (χ4n) is 1.62. The van der Waals surface area contributed by atoms with Crippen molar-refractivity contribution in [1.82, 2.24) is 0 Å². The van der Waals surface area contributed by atoms with Gasteiger partial charge in [-0.05, 0) is 44.6 Å². The van der Waals surface area contributed by atoms with E-state index in [4.69, 9.17) is 11.0 Å². The van der Waals surface area contributed by atoms with Gasteiger partial charge in [0.1, 0.15) is 11.6 Å². The predicted octanol–water partition coefficient (Wildman–Crippen LogP) is 4.36. The minimum absolute atomic E-state index is 0.0220. The second-order valence-electron chi connectivity index (χ2n) is 5.11. The normalized spacial score (nSPS) is 11.3. The van der Waals surface area contributed by atoms with Crippen molar-refractivity contribution in [2.24, 2.45) is 5.41 Å². The summed E-state index contributed by atoms with van der Waals surface area (Å²) in [7, 11) is 0. The molecule has 0 saturated carbocycles. The molecule has 2 nitrogen and oxygen atoms in total. The number of unbranched alkanes of at least 4 members (excludes halogenated alkanes) is 1. The molecule has 0 heterocycles. The summed E-state index contributed by atoms with van der Waals surface area (Å²) >= 11 is 1.15. The highest BCUT2D eigenvalue weighted by atomic mass is 32.2. The maximum Gasteiger partial charge on any atom is 0.141 e. The maximum atomic E-state index is 13.5. The van der Waals surface area contributed by atoms with Crippen LogP contribution in [0.1, 0.15) is 33.1 Å². The third-order valence-electron chi connectivity index (χ3n) is 2.77. The lowest BCUT2D eigenvalue weighted by Gasteiger charge is -2.14. The zero-order valence-corrected chi connectivity index (χ0v) is 12.0. The Morgan fingerprint density at radius 2 is 1.84 bits per heavy atom. The number of rotatable bonds is 6. The molecule has 0 radical (unpaired) electrons. The van der Waals surface area contributed by atoms with Gasteiger partial charge in [0.25, 0.3) is 0 Å². The van der Waals surface area contributed by atoms with Gasteiger partial charge in [-0.15, -0.1) is 11.8 Å². The third-order valence-corrected chi connectivity index (χ3v) is 3.94. The van der Waals surface area contributed by atoms with Crippen molar-refractivity contribution in [1.29, 1.82) is 5.26 Å². The molecule has 0 aliphatic heterocycles. The van der Waals surface area contributed by atoms with Gasteiger partial charge in [0.05, 0.1) is 16.4 Å². The third kappa shape index (κ3) is 5.07. The van der Waals surface area contributed by atoms with Gasteiger partial charge in [0, 0.05) is 5.69 Å². The van der Waals surface area contributed by atoms with Crippen LogP contribution in [-0.2, 0) is 0 Å². The molecule has 0 fully saturated rings. The van der Waals surface area contributed by atoms with Crippen LogP contribution in [0.25, 0.3) is 0 Å². The summed E-state index contributed by atoms with van der Waals surface area (Å²) in [4.78, 5) is 0.0220. The number of nitrogen functional groups attached to an aromatic ring is 1. The molecule has 0 unspecified atom stereocenters. The molecule has 1 aromatic carbocycles. The maximum absolute atomic E-state index is 13.5. The summed E-state index contributed by atoms with van der Waals surface area (Å²) in [6, 6.07) is 4.49. The second kappa shape index (κ2) is 6.76. The molecular weight excluding hydrogens is 266 g/mol. The Bertz CT molecular complexity index is 458. The van der Waals surface area contributed by atoms with E-state index in [0.29, 0.717) is 5.75 Å². The molecule has 0 amide bonds. The highest BCUT2D eigenvalue weighted by Crippen LogP contribution is 2.29. The SMILES string of the molecule is CC(C)(C#N)CCCCSc1c(F)cc(N)cc1F. The van der Waals surface area contributed by atoms with Crippen molar-refractivity contribution in [3.63, 3.8) is 0 Å². The van der Waals surface area contributed by atoms with Gasteiger partial charge in [0.15, 0.2) is 0 Å². The first kappa shape index (κ1) is 15.8. The first-order valence-electron chi connectivity index (χ1n) is 6.14. The molecule has 0 aromatic heterocycles. The van der Waals surface area contributed by atoms with Crippen molar-refractivity contribution in [2.75, 3.05) is 11.5 Å². The van der Waals surface area contributed by atoms with E-state index in [-0.39, 0.29) is 16.0 Å². The fourth-order valence-corrected chi connectivity index (χ4v) is 2.56. The lowest BCUT2D eigenvalue weighted by molar-refractivity contribution is 0.433. The predicted molar refractivity (Wildman–Crippen MR) is 74.7 cm³/mol. The minimum atomic E-state index is -0.611. The number of anilines is 1. The van der Waals surface area contributed by atoms with Crippen LogP contribution in [0.5, 0.6) is 0 Å². The Morgan fingerprint density at radius 1 is 1.26 bits per heavy atom. The van der Waals surface area contributed by atoms with Crippen molar-refractivity contribution in [2.45, 2.75) is 38.0 Å². The van der Waals surface area contributed by atoms with Gasteiger partial charge >= 0.3 is 0 Å². The van der Waals surface area contributed by atoms with Crippen molar-refractivity contribution < 1.29 is 8.78 Å². The van der Waals surface area contributed by atoms with Crippen LogP contribution in [0, 0.1) is 28.4 Å². The first-order valence-corrected chi connectivity index (χ1v) is 7.13. The van der Waals surface area contributed by atoms with Gasteiger partial charge < -0.3 is 5.73 Å². The van der Waals surface area contributed by atoms with E-state index in [1.807, 2.05) is 13.8 Å². The van der Waals surface area contributed by atoms with E-state index in [9.17, 15) is 8.78 Å². The molecule has 0 atom stereocenters. The molecule has 2 N–H and O–H groups in total. The highest BCUT2D eigenvalue weighted by Gasteiger charge is 2.16. The summed E-state index contributed by atoms with van der Waals surface area (Å²) in [6.45, 7) is 3.78. The molecule has 0 saturated heterocycles. The first-order chi connectivity index (χ1) is 8.85. The number of hydrogen-bond donors (Lipinski definition) is 1. The van der Waals surface area contributed by atoms with Crippen LogP contribution in [0.15, 0.2) is 17.0 Å². The highest BCUT2D eigenvalue weighted by molar-refractivity contribution is 7.99. The van der Waals surface area contributed by atoms with Crippen LogP contribution in [0.2, 0.25) is 0 Å². The van der Waals surface area contributed by atoms with Gasteiger partial charge in [0.2, 0.25) is 0 Å². The van der Waals surface area contributed by atoms with Crippen LogP contribution < -0.4 is 5.73 Å². The van der Waals surface area contributed by atoms with Gasteiger partial charge in [-0.3, -0.25) is 0 Å². The molecular formula is C14H18F2N2S. The number of halogens is 2. The van der Waals surface area contributed by atoms with Gasteiger partial charge in [-0.25, -0.2) is 8.78 Å². The Hall–Kier alpha value is -1.28. The van der Waals surface area contributed by atoms with Crippen LogP contribution in [-0.4, -0.2) is 5.75 Å². The smallest absolute Gasteiger partial charge is 0.141 e. The Labute approximate surface area is 117 Å². The number of benzene rings is 1. The Balaban J connectivity index is 2.41. The molecule has 0 aliphatic rings. The second-order valence-corrected chi connectivity index (χ2v) is 6.22. The number of nitrogens with two attached hydrogens (primary N) is 1. The molecule has 19 heavy (non-hydrogen) atoms. The van der Waals surface area contributed by atoms with Crippen molar-refractivity contribution >= 4 is 17.4 Å². The van der Waals surface area contributed by atoms with E-state index in [0.717, 1.165) is 43.2 Å². The summed E-state index contributed by atoms with van der Waals surface area (Å²) in [6.07, 6.45) is 2.47. The summed E-state index contributed by atoms with van der Waals surface area (Å²) < 4.78 is 27.0. The number of nitrogens with zero attached hydrogens (tertiary/aromatic N) is 1. The van der Waals surface area contributed by atoms with Gasteiger partial charge in [-0.2, -0.15) is 5.26 Å². The van der Waals surface area contributed by atoms with E-state index in [1.165, 1.54) is 0 Å². The number of hydrogen-bond acceptors (Lipinski definition) is 3. The molecule has 0 aliphatic carbocycles. The summed E-state index contributed by atoms with van der Waals surface area (Å²) in [5.41, 5.74) is 5.11. The quantitative estimate of drug-likeness (QED) is 0.479. The van der Waals surface area contributed by atoms with E-state index in [1.54, 1.807) is 0 Å². The van der Waals surface area contributed by atoms with Crippen molar-refractivity contribution in [3.8, 4) is 6.07 Å². The molecule has 1 rings (SSSR count). The zero-order chi connectivity index (χ0) is 14.5. The average molecular weight is 284 g/mol. The Kier molecular flexibility index (Phi) is 5.61. The average Bonchev–Trinajstić information content (AvgIpc) is 2.31. The fraction of sp³-hybridized carbons (Fsp3) is 0.500. The molecule has 5 heteroatoms. The van der Waals surface area contributed by atoms with E-state index in [2.05, 4.69) is 6.07 Å². The minimum Gasteiger partial charge on any atom is -0.399 e. The number of nitriles is 1. The molecule has 104 valence electrons. The number of thioether (sulfide) groups is 1. The van der Waals surface area contributed by atoms with Crippen LogP contribution in [0.4, 0.5) is 14.5 Å². The van der Waals surface area contributed by atoms with E-state index < -0.39 is 11.6 Å². The molecule has 1 aromatic rings. The van der Waals surface area contributed by atoms with Crippen LogP contribution >= 0.6 is 11.8 Å². The Morgan fingerprint density at radius 3 is 2.37 bits per heavy atom. The summed E-state index contributed by atoms with van der Waals surface area (Å²) in [5.74, 6) is -0.598. The van der Waals surface area contributed by atoms with Crippen LogP contribution in [0.3, 0.4) is 0 Å². The van der Waals surface area contributed by atoms with Gasteiger partial charge in [-0.1, -0.05) is 6.42 Å².